The predicted octanol–water partition coefficient (Wildman–Crippen LogP) is 1.60. The fourth-order valence-electron chi connectivity index (χ4n) is 2.57. The summed E-state index contributed by atoms with van der Waals surface area (Å²) in [7, 11) is 2.79. The van der Waals surface area contributed by atoms with Gasteiger partial charge in [-0.05, 0) is 24.6 Å². The van der Waals surface area contributed by atoms with Gasteiger partial charge in [0.05, 0.1) is 25.1 Å². The van der Waals surface area contributed by atoms with E-state index in [1.54, 1.807) is 12.1 Å². The lowest BCUT2D eigenvalue weighted by atomic mass is 10.1. The lowest BCUT2D eigenvalue weighted by Crippen LogP contribution is -2.23. The van der Waals surface area contributed by atoms with E-state index in [1.165, 1.54) is 20.3 Å². The first kappa shape index (κ1) is 15.2. The van der Waals surface area contributed by atoms with Crippen LogP contribution < -0.4 is 4.74 Å². The lowest BCUT2D eigenvalue weighted by Gasteiger charge is -2.15. The van der Waals surface area contributed by atoms with Gasteiger partial charge in [-0.1, -0.05) is 6.07 Å². The molecule has 1 aliphatic rings. The van der Waals surface area contributed by atoms with Crippen molar-refractivity contribution in [1.29, 1.82) is 0 Å². The van der Waals surface area contributed by atoms with Crippen molar-refractivity contribution in [2.24, 2.45) is 5.92 Å². The number of methoxy groups -OCH3 is 2. The lowest BCUT2D eigenvalue weighted by molar-refractivity contribution is -0.385. The number of nitro groups is 1. The number of carbonyl (C=O) groups is 1. The van der Waals surface area contributed by atoms with Crippen molar-refractivity contribution in [2.45, 2.75) is 13.0 Å². The quantitative estimate of drug-likeness (QED) is 0.466. The monoisotopic (exact) mass is 294 g/mol. The van der Waals surface area contributed by atoms with E-state index in [1.807, 2.05) is 0 Å². The van der Waals surface area contributed by atoms with E-state index in [-0.39, 0.29) is 23.3 Å². The average Bonchev–Trinajstić information content (AvgIpc) is 2.94. The normalized spacial score (nSPS) is 18.5. The summed E-state index contributed by atoms with van der Waals surface area (Å²) in [5.41, 5.74) is 0.784. The third-order valence-corrected chi connectivity index (χ3v) is 3.65. The van der Waals surface area contributed by atoms with Gasteiger partial charge in [0.1, 0.15) is 0 Å². The second-order valence-electron chi connectivity index (χ2n) is 5.01. The van der Waals surface area contributed by atoms with E-state index in [4.69, 9.17) is 9.47 Å². The number of likely N-dealkylation sites (tertiary alicyclic amines) is 1. The molecule has 0 spiro atoms. The minimum atomic E-state index is -0.455. The maximum atomic E-state index is 11.5. The highest BCUT2D eigenvalue weighted by atomic mass is 16.6. The van der Waals surface area contributed by atoms with Crippen LogP contribution in [0.3, 0.4) is 0 Å². The largest absolute Gasteiger partial charge is 0.490 e. The molecule has 1 unspecified atom stereocenters. The molecule has 1 fully saturated rings. The van der Waals surface area contributed by atoms with Gasteiger partial charge in [-0.15, -0.1) is 0 Å². The first-order valence-electron chi connectivity index (χ1n) is 6.66. The summed E-state index contributed by atoms with van der Waals surface area (Å²) in [5.74, 6) is -0.0564. The molecular formula is C14H18N2O5. The van der Waals surface area contributed by atoms with Gasteiger partial charge in [-0.25, -0.2) is 0 Å². The Labute approximate surface area is 122 Å². The molecule has 0 amide bonds. The molecule has 0 aliphatic carbocycles. The zero-order valence-electron chi connectivity index (χ0n) is 12.1. The van der Waals surface area contributed by atoms with Crippen LogP contribution in [0.5, 0.6) is 5.75 Å². The number of hydrogen-bond acceptors (Lipinski definition) is 6. The molecule has 7 nitrogen and oxygen atoms in total. The number of nitrogens with zero attached hydrogens (tertiary/aromatic N) is 2. The highest BCUT2D eigenvalue weighted by Crippen LogP contribution is 2.29. The summed E-state index contributed by atoms with van der Waals surface area (Å²) in [6.07, 6.45) is 0.755. The van der Waals surface area contributed by atoms with Crippen LogP contribution >= 0.6 is 0 Å². The minimum absolute atomic E-state index is 0.0429. The topological polar surface area (TPSA) is 81.9 Å². The zero-order chi connectivity index (χ0) is 15.4. The van der Waals surface area contributed by atoms with Gasteiger partial charge in [0.2, 0.25) is 0 Å². The molecule has 1 saturated heterocycles. The van der Waals surface area contributed by atoms with Crippen molar-refractivity contribution in [1.82, 2.24) is 4.90 Å². The van der Waals surface area contributed by atoms with E-state index in [9.17, 15) is 14.9 Å². The SMILES string of the molecule is COC(=O)C1CCN(Cc2ccc(OC)c([N+](=O)[O-])c2)C1. The Bertz CT molecular complexity index is 546. The van der Waals surface area contributed by atoms with Gasteiger partial charge < -0.3 is 9.47 Å². The number of benzene rings is 1. The van der Waals surface area contributed by atoms with E-state index in [2.05, 4.69) is 4.90 Å². The fourth-order valence-corrected chi connectivity index (χ4v) is 2.57. The van der Waals surface area contributed by atoms with Crippen LogP contribution in [0.4, 0.5) is 5.69 Å². The molecule has 21 heavy (non-hydrogen) atoms. The number of carbonyl (C=O) groups excluding carboxylic acids is 1. The Kier molecular flexibility index (Phi) is 4.74. The van der Waals surface area contributed by atoms with E-state index >= 15 is 0 Å². The third kappa shape index (κ3) is 3.49. The molecule has 114 valence electrons. The molecule has 1 aromatic carbocycles. The van der Waals surface area contributed by atoms with Crippen molar-refractivity contribution in [3.05, 3.63) is 33.9 Å². The maximum absolute atomic E-state index is 11.5. The molecule has 1 aliphatic heterocycles. The third-order valence-electron chi connectivity index (χ3n) is 3.65. The average molecular weight is 294 g/mol. The number of nitro benzene ring substituents is 1. The Hall–Kier alpha value is -2.15. The Morgan fingerprint density at radius 2 is 2.24 bits per heavy atom. The van der Waals surface area contributed by atoms with Crippen molar-refractivity contribution in [3.63, 3.8) is 0 Å². The predicted molar refractivity (Wildman–Crippen MR) is 75.0 cm³/mol. The van der Waals surface area contributed by atoms with Crippen LogP contribution in [0, 0.1) is 16.0 Å². The molecule has 0 bridgehead atoms. The number of rotatable bonds is 5. The Morgan fingerprint density at radius 1 is 1.48 bits per heavy atom. The van der Waals surface area contributed by atoms with Crippen LogP contribution in [0.2, 0.25) is 0 Å². The summed E-state index contributed by atoms with van der Waals surface area (Å²) in [5, 5.41) is 11.0. The van der Waals surface area contributed by atoms with Gasteiger partial charge >= 0.3 is 11.7 Å². The number of ether oxygens (including phenoxy) is 2. The maximum Gasteiger partial charge on any atom is 0.311 e. The molecular weight excluding hydrogens is 276 g/mol. The first-order chi connectivity index (χ1) is 10.0. The molecule has 2 rings (SSSR count). The molecule has 0 radical (unpaired) electrons. The van der Waals surface area contributed by atoms with Crippen LogP contribution in [0.25, 0.3) is 0 Å². The number of hydrogen-bond donors (Lipinski definition) is 0. The number of esters is 1. The van der Waals surface area contributed by atoms with Crippen LogP contribution in [0.1, 0.15) is 12.0 Å². The van der Waals surface area contributed by atoms with Gasteiger partial charge in [0, 0.05) is 19.2 Å². The summed E-state index contributed by atoms with van der Waals surface area (Å²) in [6.45, 7) is 1.96. The highest BCUT2D eigenvalue weighted by Gasteiger charge is 2.29. The second-order valence-corrected chi connectivity index (χ2v) is 5.01. The molecule has 1 heterocycles. The summed E-state index contributed by atoms with van der Waals surface area (Å²) in [4.78, 5) is 24.1. The Balaban J connectivity index is 2.06. The van der Waals surface area contributed by atoms with Gasteiger partial charge in [0.25, 0.3) is 0 Å². The highest BCUT2D eigenvalue weighted by molar-refractivity contribution is 5.72. The molecule has 1 aromatic rings. The van der Waals surface area contributed by atoms with Crippen molar-refractivity contribution in [2.75, 3.05) is 27.3 Å². The van der Waals surface area contributed by atoms with Crippen LogP contribution in [-0.2, 0) is 16.1 Å². The standard InChI is InChI=1S/C14H18N2O5/c1-20-13-4-3-10(7-12(13)16(18)19)8-15-6-5-11(9-15)14(17)21-2/h3-4,7,11H,5-6,8-9H2,1-2H3. The molecule has 7 heteroatoms. The van der Waals surface area contributed by atoms with Crippen molar-refractivity contribution >= 4 is 11.7 Å². The second kappa shape index (κ2) is 6.53. The van der Waals surface area contributed by atoms with E-state index < -0.39 is 4.92 Å². The minimum Gasteiger partial charge on any atom is -0.490 e. The fraction of sp³-hybridized carbons (Fsp3) is 0.500. The van der Waals surface area contributed by atoms with Crippen LogP contribution in [-0.4, -0.2) is 43.1 Å². The van der Waals surface area contributed by atoms with Crippen LogP contribution in [0.15, 0.2) is 18.2 Å². The summed E-state index contributed by atoms with van der Waals surface area (Å²) < 4.78 is 9.72. The van der Waals surface area contributed by atoms with Crippen molar-refractivity contribution in [3.8, 4) is 5.75 Å². The van der Waals surface area contributed by atoms with Gasteiger partial charge in [-0.3, -0.25) is 19.8 Å². The van der Waals surface area contributed by atoms with E-state index in [0.29, 0.717) is 13.1 Å². The Morgan fingerprint density at radius 3 is 2.86 bits per heavy atom. The van der Waals surface area contributed by atoms with Gasteiger partial charge in [0.15, 0.2) is 5.75 Å². The van der Waals surface area contributed by atoms with Gasteiger partial charge in [-0.2, -0.15) is 0 Å². The smallest absolute Gasteiger partial charge is 0.311 e. The molecule has 0 aromatic heterocycles. The summed E-state index contributed by atoms with van der Waals surface area (Å²) >= 11 is 0. The van der Waals surface area contributed by atoms with Crippen molar-refractivity contribution < 1.29 is 19.2 Å². The first-order valence-corrected chi connectivity index (χ1v) is 6.66. The summed E-state index contributed by atoms with van der Waals surface area (Å²) in [6, 6.07) is 4.92. The molecule has 0 N–H and O–H groups in total. The zero-order valence-corrected chi connectivity index (χ0v) is 12.1. The molecule has 1 atom stereocenters. The van der Waals surface area contributed by atoms with E-state index in [0.717, 1.165) is 18.5 Å². The molecule has 0 saturated carbocycles.